The van der Waals surface area contributed by atoms with E-state index in [1.54, 1.807) is 24.3 Å². The molecule has 1 heterocycles. The number of benzene rings is 1. The molecule has 2 fully saturated rings. The van der Waals surface area contributed by atoms with Crippen LogP contribution in [0.4, 0.5) is 5.69 Å². The Kier molecular flexibility index (Phi) is 6.08. The van der Waals surface area contributed by atoms with Crippen LogP contribution in [0.25, 0.3) is 0 Å². The third-order valence-electron chi connectivity index (χ3n) is 4.57. The molecule has 0 bridgehead atoms. The number of anilines is 1. The number of ketones is 1. The van der Waals surface area contributed by atoms with Crippen LogP contribution in [0.5, 0.6) is 0 Å². The minimum Gasteiger partial charge on any atom is -0.326 e. The standard InChI is InChI=1S/C19H23N3O3S/c1-12(23)13-6-5-9-15(10-13)20-17(24)11-16-18(25)22-19(26-16)21-14-7-3-2-4-8-14/h5-6,9-10,14,16H,2-4,7-8,11H2,1H3,(H,20,24)(H,21,22,25). The minimum absolute atomic E-state index is 0.0598. The van der Waals surface area contributed by atoms with Gasteiger partial charge in [0, 0.05) is 17.7 Å². The van der Waals surface area contributed by atoms with E-state index in [1.807, 2.05) is 0 Å². The number of hydrogen-bond donors (Lipinski definition) is 2. The summed E-state index contributed by atoms with van der Waals surface area (Å²) in [6.07, 6.45) is 5.84. The number of nitrogens with zero attached hydrogens (tertiary/aromatic N) is 1. The second-order valence-corrected chi connectivity index (χ2v) is 7.90. The van der Waals surface area contributed by atoms with E-state index in [-0.39, 0.29) is 30.1 Å². The molecule has 1 unspecified atom stereocenters. The van der Waals surface area contributed by atoms with E-state index in [0.29, 0.717) is 16.4 Å². The predicted molar refractivity (Wildman–Crippen MR) is 104 cm³/mol. The average Bonchev–Trinajstić information content (AvgIpc) is 2.95. The van der Waals surface area contributed by atoms with Gasteiger partial charge in [-0.25, -0.2) is 0 Å². The zero-order valence-electron chi connectivity index (χ0n) is 14.8. The van der Waals surface area contributed by atoms with Crippen LogP contribution in [0.1, 0.15) is 55.8 Å². The fourth-order valence-corrected chi connectivity index (χ4v) is 4.21. The van der Waals surface area contributed by atoms with Crippen molar-refractivity contribution in [3.63, 3.8) is 0 Å². The van der Waals surface area contributed by atoms with Gasteiger partial charge in [-0.05, 0) is 31.9 Å². The monoisotopic (exact) mass is 373 g/mol. The van der Waals surface area contributed by atoms with Gasteiger partial charge in [-0.1, -0.05) is 43.2 Å². The van der Waals surface area contributed by atoms with Crippen molar-refractivity contribution in [3.8, 4) is 0 Å². The van der Waals surface area contributed by atoms with E-state index >= 15 is 0 Å². The molecule has 0 aromatic heterocycles. The third-order valence-corrected chi connectivity index (χ3v) is 5.67. The van der Waals surface area contributed by atoms with E-state index in [4.69, 9.17) is 0 Å². The first-order valence-corrected chi connectivity index (χ1v) is 9.85. The van der Waals surface area contributed by atoms with Gasteiger partial charge in [0.15, 0.2) is 11.0 Å². The quantitative estimate of drug-likeness (QED) is 0.776. The second-order valence-electron chi connectivity index (χ2n) is 6.71. The molecule has 2 aliphatic rings. The molecule has 1 saturated heterocycles. The van der Waals surface area contributed by atoms with Gasteiger partial charge in [-0.2, -0.15) is 0 Å². The lowest BCUT2D eigenvalue weighted by atomic mass is 9.96. The van der Waals surface area contributed by atoms with Crippen LogP contribution in [0.2, 0.25) is 0 Å². The van der Waals surface area contributed by atoms with Gasteiger partial charge in [-0.3, -0.25) is 19.4 Å². The van der Waals surface area contributed by atoms with Crippen LogP contribution >= 0.6 is 11.8 Å². The second kappa shape index (κ2) is 8.49. The SMILES string of the molecule is CC(=O)c1cccc(NC(=O)CC2SC(=NC3CCCCC3)NC2=O)c1. The summed E-state index contributed by atoms with van der Waals surface area (Å²) in [7, 11) is 0. The summed E-state index contributed by atoms with van der Waals surface area (Å²) in [6, 6.07) is 7.07. The molecule has 1 aliphatic carbocycles. The zero-order valence-corrected chi connectivity index (χ0v) is 15.6. The van der Waals surface area contributed by atoms with Gasteiger partial charge < -0.3 is 10.6 Å². The highest BCUT2D eigenvalue weighted by Crippen LogP contribution is 2.26. The fraction of sp³-hybridized carbons (Fsp3) is 0.474. The Morgan fingerprint density at radius 2 is 2.04 bits per heavy atom. The number of Topliss-reactive ketones (excluding diaryl/α,β-unsaturated/α-hetero) is 1. The molecule has 6 nitrogen and oxygen atoms in total. The molecule has 1 saturated carbocycles. The summed E-state index contributed by atoms with van der Waals surface area (Å²) >= 11 is 1.33. The largest absolute Gasteiger partial charge is 0.326 e. The van der Waals surface area contributed by atoms with Crippen LogP contribution in [0.3, 0.4) is 0 Å². The molecule has 1 aliphatic heterocycles. The van der Waals surface area contributed by atoms with Crippen LogP contribution in [0, 0.1) is 0 Å². The Hall–Kier alpha value is -2.15. The normalized spacial score (nSPS) is 22.3. The number of amides is 2. The lowest BCUT2D eigenvalue weighted by Gasteiger charge is -2.17. The molecule has 2 N–H and O–H groups in total. The van der Waals surface area contributed by atoms with Crippen molar-refractivity contribution in [2.75, 3.05) is 5.32 Å². The first kappa shape index (κ1) is 18.6. The smallest absolute Gasteiger partial charge is 0.240 e. The number of nitrogens with one attached hydrogen (secondary N) is 2. The van der Waals surface area contributed by atoms with E-state index in [1.165, 1.54) is 37.9 Å². The van der Waals surface area contributed by atoms with Crippen molar-refractivity contribution < 1.29 is 14.4 Å². The van der Waals surface area contributed by atoms with Crippen molar-refractivity contribution in [3.05, 3.63) is 29.8 Å². The summed E-state index contributed by atoms with van der Waals surface area (Å²) in [4.78, 5) is 40.4. The highest BCUT2D eigenvalue weighted by atomic mass is 32.2. The summed E-state index contributed by atoms with van der Waals surface area (Å²) < 4.78 is 0. The van der Waals surface area contributed by atoms with E-state index in [9.17, 15) is 14.4 Å². The summed E-state index contributed by atoms with van der Waals surface area (Å²) in [6.45, 7) is 1.48. The molecule has 7 heteroatoms. The lowest BCUT2D eigenvalue weighted by Crippen LogP contribution is -2.28. The van der Waals surface area contributed by atoms with Crippen molar-refractivity contribution in [2.24, 2.45) is 4.99 Å². The van der Waals surface area contributed by atoms with Crippen LogP contribution in [-0.2, 0) is 9.59 Å². The number of carbonyl (C=O) groups excluding carboxylic acids is 3. The van der Waals surface area contributed by atoms with Gasteiger partial charge in [0.1, 0.15) is 5.25 Å². The van der Waals surface area contributed by atoms with Crippen LogP contribution in [-0.4, -0.2) is 34.1 Å². The van der Waals surface area contributed by atoms with Gasteiger partial charge in [0.2, 0.25) is 11.8 Å². The molecular formula is C19H23N3O3S. The maximum absolute atomic E-state index is 12.3. The van der Waals surface area contributed by atoms with Gasteiger partial charge in [0.05, 0.1) is 6.04 Å². The van der Waals surface area contributed by atoms with Crippen molar-refractivity contribution >= 4 is 40.2 Å². The third kappa shape index (κ3) is 4.94. The molecule has 1 aromatic carbocycles. The topological polar surface area (TPSA) is 87.6 Å². The van der Waals surface area contributed by atoms with E-state index in [0.717, 1.165) is 12.8 Å². The van der Waals surface area contributed by atoms with E-state index < -0.39 is 5.25 Å². The van der Waals surface area contributed by atoms with Crippen molar-refractivity contribution in [2.45, 2.75) is 56.7 Å². The molecular weight excluding hydrogens is 350 g/mol. The maximum Gasteiger partial charge on any atom is 0.240 e. The van der Waals surface area contributed by atoms with Crippen molar-refractivity contribution in [1.29, 1.82) is 0 Å². The fourth-order valence-electron chi connectivity index (χ4n) is 3.17. The molecule has 1 aromatic rings. The number of carbonyl (C=O) groups is 3. The Labute approximate surface area is 157 Å². The zero-order chi connectivity index (χ0) is 18.5. The first-order valence-electron chi connectivity index (χ1n) is 8.97. The summed E-state index contributed by atoms with van der Waals surface area (Å²) in [5, 5.41) is 5.72. The number of aliphatic imine (C=N–C) groups is 1. The van der Waals surface area contributed by atoms with Crippen LogP contribution in [0.15, 0.2) is 29.3 Å². The highest BCUT2D eigenvalue weighted by Gasteiger charge is 2.32. The molecule has 138 valence electrons. The Morgan fingerprint density at radius 3 is 2.77 bits per heavy atom. The Morgan fingerprint density at radius 1 is 1.27 bits per heavy atom. The van der Waals surface area contributed by atoms with E-state index in [2.05, 4.69) is 15.6 Å². The Bertz CT molecular complexity index is 741. The maximum atomic E-state index is 12.3. The predicted octanol–water partition coefficient (Wildman–Crippen LogP) is 3.14. The molecule has 2 amide bonds. The van der Waals surface area contributed by atoms with Gasteiger partial charge in [0.25, 0.3) is 0 Å². The van der Waals surface area contributed by atoms with Gasteiger partial charge >= 0.3 is 0 Å². The summed E-state index contributed by atoms with van der Waals surface area (Å²) in [5.74, 6) is -0.482. The minimum atomic E-state index is -0.465. The molecule has 3 rings (SSSR count). The average molecular weight is 373 g/mol. The number of thioether (sulfide) groups is 1. The lowest BCUT2D eigenvalue weighted by molar-refractivity contribution is -0.122. The highest BCUT2D eigenvalue weighted by molar-refractivity contribution is 8.15. The molecule has 1 atom stereocenters. The summed E-state index contributed by atoms with van der Waals surface area (Å²) in [5.41, 5.74) is 1.10. The first-order chi connectivity index (χ1) is 12.5. The number of rotatable bonds is 5. The molecule has 26 heavy (non-hydrogen) atoms. The van der Waals surface area contributed by atoms with Crippen molar-refractivity contribution in [1.82, 2.24) is 5.32 Å². The number of amidine groups is 1. The molecule has 0 radical (unpaired) electrons. The number of hydrogen-bond acceptors (Lipinski definition) is 5. The van der Waals surface area contributed by atoms with Crippen LogP contribution < -0.4 is 10.6 Å². The Balaban J connectivity index is 1.55. The van der Waals surface area contributed by atoms with Gasteiger partial charge in [-0.15, -0.1) is 0 Å². The molecule has 0 spiro atoms.